The highest BCUT2D eigenvalue weighted by Gasteiger charge is 2.04. The van der Waals surface area contributed by atoms with Crippen LogP contribution in [-0.4, -0.2) is 30.4 Å². The van der Waals surface area contributed by atoms with Crippen molar-refractivity contribution in [1.82, 2.24) is 0 Å². The third kappa shape index (κ3) is 9.43. The van der Waals surface area contributed by atoms with Gasteiger partial charge in [0.2, 0.25) is 0 Å². The minimum absolute atomic E-state index is 0.345. The van der Waals surface area contributed by atoms with Crippen molar-refractivity contribution < 1.29 is 14.8 Å². The molecule has 0 rings (SSSR count). The van der Waals surface area contributed by atoms with Crippen LogP contribution in [0.2, 0.25) is 6.32 Å². The summed E-state index contributed by atoms with van der Waals surface area (Å²) in [5.41, 5.74) is 0. The summed E-state index contributed by atoms with van der Waals surface area (Å²) in [6, 6.07) is 2.02. The SMILES string of the molecule is N#CCCCOCCCB(O)O. The Bertz CT molecular complexity index is 135. The van der Waals surface area contributed by atoms with Gasteiger partial charge in [-0.3, -0.25) is 0 Å². The highest BCUT2D eigenvalue weighted by Crippen LogP contribution is 1.94. The van der Waals surface area contributed by atoms with Crippen LogP contribution in [0.3, 0.4) is 0 Å². The predicted octanol–water partition coefficient (Wildman–Crippen LogP) is 0.170. The fourth-order valence-electron chi connectivity index (χ4n) is 0.723. The van der Waals surface area contributed by atoms with Crippen LogP contribution in [0.5, 0.6) is 0 Å². The lowest BCUT2D eigenvalue weighted by Gasteiger charge is -2.01. The molecule has 0 aliphatic rings. The Kier molecular flexibility index (Phi) is 8.13. The normalized spacial score (nSPS) is 9.42. The van der Waals surface area contributed by atoms with Gasteiger partial charge in [0.15, 0.2) is 0 Å². The van der Waals surface area contributed by atoms with E-state index in [9.17, 15) is 0 Å². The summed E-state index contributed by atoms with van der Waals surface area (Å²) < 4.78 is 5.11. The average Bonchev–Trinajstić information content (AvgIpc) is 2.02. The zero-order valence-corrected chi connectivity index (χ0v) is 7.07. The average molecular weight is 171 g/mol. The van der Waals surface area contributed by atoms with Crippen LogP contribution in [0.1, 0.15) is 19.3 Å². The molecule has 0 heterocycles. The Labute approximate surface area is 72.9 Å². The summed E-state index contributed by atoms with van der Waals surface area (Å²) in [7, 11) is -1.23. The Morgan fingerprint density at radius 1 is 1.25 bits per heavy atom. The maximum atomic E-state index is 8.45. The molecular weight excluding hydrogens is 157 g/mol. The van der Waals surface area contributed by atoms with Crippen molar-refractivity contribution in [3.8, 4) is 6.07 Å². The van der Waals surface area contributed by atoms with E-state index < -0.39 is 7.12 Å². The van der Waals surface area contributed by atoms with Crippen molar-refractivity contribution in [2.45, 2.75) is 25.6 Å². The van der Waals surface area contributed by atoms with Gasteiger partial charge in [0.1, 0.15) is 0 Å². The van der Waals surface area contributed by atoms with Crippen molar-refractivity contribution in [3.05, 3.63) is 0 Å². The molecule has 0 aromatic rings. The smallest absolute Gasteiger partial charge is 0.427 e. The van der Waals surface area contributed by atoms with E-state index in [4.69, 9.17) is 20.0 Å². The fourth-order valence-corrected chi connectivity index (χ4v) is 0.723. The quantitative estimate of drug-likeness (QED) is 0.423. The van der Waals surface area contributed by atoms with Gasteiger partial charge in [-0.2, -0.15) is 5.26 Å². The first kappa shape index (κ1) is 11.4. The molecule has 5 heteroatoms. The second kappa shape index (κ2) is 8.53. The highest BCUT2D eigenvalue weighted by molar-refractivity contribution is 6.40. The molecule has 0 radical (unpaired) electrons. The Morgan fingerprint density at radius 3 is 2.50 bits per heavy atom. The maximum absolute atomic E-state index is 8.45. The molecule has 0 aromatic carbocycles. The molecule has 0 unspecified atom stereocenters. The molecule has 0 aliphatic heterocycles. The van der Waals surface area contributed by atoms with E-state index in [1.54, 1.807) is 0 Å². The van der Waals surface area contributed by atoms with Gasteiger partial charge >= 0.3 is 7.12 Å². The Hall–Kier alpha value is -0.565. The topological polar surface area (TPSA) is 73.5 Å². The first-order chi connectivity index (χ1) is 5.77. The van der Waals surface area contributed by atoms with Crippen LogP contribution in [0.25, 0.3) is 0 Å². The lowest BCUT2D eigenvalue weighted by Crippen LogP contribution is -2.11. The molecule has 0 saturated carbocycles. The van der Waals surface area contributed by atoms with Crippen LogP contribution in [-0.2, 0) is 4.74 Å². The summed E-state index contributed by atoms with van der Waals surface area (Å²) in [5.74, 6) is 0. The molecule has 0 aromatic heterocycles. The van der Waals surface area contributed by atoms with E-state index in [2.05, 4.69) is 0 Å². The number of unbranched alkanes of at least 4 members (excludes halogenated alkanes) is 1. The maximum Gasteiger partial charge on any atom is 0.451 e. The van der Waals surface area contributed by atoms with Gasteiger partial charge in [-0.1, -0.05) is 0 Å². The predicted molar refractivity (Wildman–Crippen MR) is 45.3 cm³/mol. The second-order valence-corrected chi connectivity index (χ2v) is 2.50. The zero-order valence-electron chi connectivity index (χ0n) is 7.07. The van der Waals surface area contributed by atoms with E-state index in [-0.39, 0.29) is 0 Å². The minimum Gasteiger partial charge on any atom is -0.427 e. The van der Waals surface area contributed by atoms with Gasteiger partial charge in [-0.05, 0) is 19.2 Å². The molecule has 0 aliphatic carbocycles. The van der Waals surface area contributed by atoms with Crippen LogP contribution in [0.15, 0.2) is 0 Å². The lowest BCUT2D eigenvalue weighted by atomic mass is 9.85. The van der Waals surface area contributed by atoms with Crippen LogP contribution in [0.4, 0.5) is 0 Å². The molecule has 0 bridgehead atoms. The third-order valence-electron chi connectivity index (χ3n) is 1.33. The Balaban J connectivity index is 2.87. The number of hydrogen-bond donors (Lipinski definition) is 2. The molecule has 0 fully saturated rings. The summed E-state index contributed by atoms with van der Waals surface area (Å²) in [4.78, 5) is 0. The van der Waals surface area contributed by atoms with Crippen molar-refractivity contribution in [3.63, 3.8) is 0 Å². The number of rotatable bonds is 7. The standard InChI is InChI=1S/C7H14BNO3/c9-5-1-2-6-12-7-3-4-8(10)11/h10-11H,1-4,6-7H2. The van der Waals surface area contributed by atoms with Crippen LogP contribution in [0, 0.1) is 11.3 Å². The molecule has 0 saturated heterocycles. The van der Waals surface area contributed by atoms with E-state index in [1.807, 2.05) is 6.07 Å². The summed E-state index contributed by atoms with van der Waals surface area (Å²) >= 11 is 0. The van der Waals surface area contributed by atoms with Crippen LogP contribution < -0.4 is 0 Å². The van der Waals surface area contributed by atoms with Gasteiger partial charge in [0, 0.05) is 19.6 Å². The van der Waals surface area contributed by atoms with Crippen molar-refractivity contribution >= 4 is 7.12 Å². The summed E-state index contributed by atoms with van der Waals surface area (Å²) in [6.07, 6.45) is 2.25. The molecule has 2 N–H and O–H groups in total. The van der Waals surface area contributed by atoms with Gasteiger partial charge < -0.3 is 14.8 Å². The van der Waals surface area contributed by atoms with E-state index in [0.29, 0.717) is 32.4 Å². The monoisotopic (exact) mass is 171 g/mol. The summed E-state index contributed by atoms with van der Waals surface area (Å²) in [5, 5.41) is 25.1. The summed E-state index contributed by atoms with van der Waals surface area (Å²) in [6.45, 7) is 1.11. The largest absolute Gasteiger partial charge is 0.451 e. The van der Waals surface area contributed by atoms with Gasteiger partial charge in [0.05, 0.1) is 6.07 Å². The van der Waals surface area contributed by atoms with Gasteiger partial charge in [0.25, 0.3) is 0 Å². The van der Waals surface area contributed by atoms with Gasteiger partial charge in [-0.15, -0.1) is 0 Å². The number of nitrogens with zero attached hydrogens (tertiary/aromatic N) is 1. The fraction of sp³-hybridized carbons (Fsp3) is 0.857. The molecule has 0 atom stereocenters. The Morgan fingerprint density at radius 2 is 1.92 bits per heavy atom. The third-order valence-corrected chi connectivity index (χ3v) is 1.33. The molecular formula is C7H14BNO3. The molecule has 0 amide bonds. The number of nitriles is 1. The zero-order chi connectivity index (χ0) is 9.23. The highest BCUT2D eigenvalue weighted by atomic mass is 16.5. The molecule has 0 spiro atoms. The molecule has 68 valence electrons. The molecule has 4 nitrogen and oxygen atoms in total. The first-order valence-corrected chi connectivity index (χ1v) is 4.08. The van der Waals surface area contributed by atoms with Crippen molar-refractivity contribution in [2.75, 3.05) is 13.2 Å². The van der Waals surface area contributed by atoms with Crippen molar-refractivity contribution in [2.24, 2.45) is 0 Å². The van der Waals surface area contributed by atoms with E-state index in [0.717, 1.165) is 6.42 Å². The minimum atomic E-state index is -1.23. The van der Waals surface area contributed by atoms with E-state index in [1.165, 1.54) is 0 Å². The molecule has 12 heavy (non-hydrogen) atoms. The van der Waals surface area contributed by atoms with Gasteiger partial charge in [-0.25, -0.2) is 0 Å². The first-order valence-electron chi connectivity index (χ1n) is 4.08. The van der Waals surface area contributed by atoms with Crippen molar-refractivity contribution in [1.29, 1.82) is 5.26 Å². The van der Waals surface area contributed by atoms with Crippen LogP contribution >= 0.6 is 0 Å². The number of hydrogen-bond acceptors (Lipinski definition) is 4. The van der Waals surface area contributed by atoms with E-state index >= 15 is 0 Å². The number of ether oxygens (including phenoxy) is 1. The second-order valence-electron chi connectivity index (χ2n) is 2.50. The lowest BCUT2D eigenvalue weighted by molar-refractivity contribution is 0.132.